The molecule has 1 rings (SSSR count). The summed E-state index contributed by atoms with van der Waals surface area (Å²) in [6.07, 6.45) is 0. The molecule has 0 bridgehead atoms. The number of nitriles is 1. The Morgan fingerprint density at radius 3 is 2.58 bits per heavy atom. The van der Waals surface area contributed by atoms with Crippen LogP contribution < -0.4 is 0 Å². The maximum absolute atomic E-state index is 8.47. The fourth-order valence-corrected chi connectivity index (χ4v) is 0.798. The van der Waals surface area contributed by atoms with Gasteiger partial charge in [-0.15, -0.1) is 0 Å². The van der Waals surface area contributed by atoms with E-state index in [2.05, 4.69) is 10.0 Å². The molecule has 0 amide bonds. The first kappa shape index (κ1) is 8.12. The van der Waals surface area contributed by atoms with E-state index in [1.54, 1.807) is 24.3 Å². The first-order valence-electron chi connectivity index (χ1n) is 3.36. The van der Waals surface area contributed by atoms with E-state index >= 15 is 0 Å². The number of rotatable bonds is 2. The molecule has 0 atom stereocenters. The van der Waals surface area contributed by atoms with E-state index in [0.717, 1.165) is 5.56 Å². The largest absolute Gasteiger partial charge is 0.192 e. The highest BCUT2D eigenvalue weighted by Crippen LogP contribution is 2.04. The summed E-state index contributed by atoms with van der Waals surface area (Å²) in [5, 5.41) is 11.9. The summed E-state index contributed by atoms with van der Waals surface area (Å²) in [5.41, 5.74) is 9.55. The molecule has 0 aliphatic carbocycles. The quantitative estimate of drug-likeness (QED) is 0.370. The van der Waals surface area contributed by atoms with Crippen molar-refractivity contribution in [2.24, 2.45) is 5.11 Å². The van der Waals surface area contributed by atoms with E-state index in [0.29, 0.717) is 12.1 Å². The summed E-state index contributed by atoms with van der Waals surface area (Å²) in [5.74, 6) is 0. The summed E-state index contributed by atoms with van der Waals surface area (Å²) in [7, 11) is 0. The van der Waals surface area contributed by atoms with Gasteiger partial charge in [-0.3, -0.25) is 0 Å². The average molecular weight is 158 g/mol. The summed E-state index contributed by atoms with van der Waals surface area (Å²) in [6.45, 7) is 0.336. The van der Waals surface area contributed by atoms with Gasteiger partial charge >= 0.3 is 0 Å². The molecule has 12 heavy (non-hydrogen) atoms. The zero-order valence-corrected chi connectivity index (χ0v) is 6.31. The predicted octanol–water partition coefficient (Wildman–Crippen LogP) is 2.37. The lowest BCUT2D eigenvalue weighted by molar-refractivity contribution is 1.05. The first-order valence-corrected chi connectivity index (χ1v) is 3.36. The first-order chi connectivity index (χ1) is 5.86. The monoisotopic (exact) mass is 158 g/mol. The van der Waals surface area contributed by atoms with Crippen molar-refractivity contribution in [3.63, 3.8) is 0 Å². The van der Waals surface area contributed by atoms with E-state index in [4.69, 9.17) is 10.8 Å². The van der Waals surface area contributed by atoms with Gasteiger partial charge in [0.2, 0.25) is 0 Å². The van der Waals surface area contributed by atoms with Gasteiger partial charge in [0.05, 0.1) is 18.2 Å². The van der Waals surface area contributed by atoms with Gasteiger partial charge < -0.3 is 0 Å². The van der Waals surface area contributed by atoms with Crippen molar-refractivity contribution in [2.75, 3.05) is 0 Å². The highest BCUT2D eigenvalue weighted by molar-refractivity contribution is 5.31. The van der Waals surface area contributed by atoms with Crippen molar-refractivity contribution in [1.29, 1.82) is 5.26 Å². The number of nitrogens with zero attached hydrogens (tertiary/aromatic N) is 4. The third-order valence-corrected chi connectivity index (χ3v) is 1.40. The smallest absolute Gasteiger partial charge is 0.0991 e. The fraction of sp³-hybridized carbons (Fsp3) is 0.125. The Kier molecular flexibility index (Phi) is 2.72. The molecule has 0 aliphatic heterocycles. The van der Waals surface area contributed by atoms with Crippen molar-refractivity contribution in [1.82, 2.24) is 0 Å². The zero-order valence-electron chi connectivity index (χ0n) is 6.31. The molecular weight excluding hydrogens is 152 g/mol. The maximum Gasteiger partial charge on any atom is 0.0991 e. The minimum atomic E-state index is 0.336. The Balaban J connectivity index is 2.79. The van der Waals surface area contributed by atoms with E-state index < -0.39 is 0 Å². The molecular formula is C8H6N4. The topological polar surface area (TPSA) is 72.5 Å². The van der Waals surface area contributed by atoms with Crippen molar-refractivity contribution in [3.05, 3.63) is 45.8 Å². The number of hydrogen-bond donors (Lipinski definition) is 0. The maximum atomic E-state index is 8.47. The Morgan fingerprint density at radius 1 is 1.42 bits per heavy atom. The van der Waals surface area contributed by atoms with Crippen LogP contribution in [0.3, 0.4) is 0 Å². The molecule has 0 spiro atoms. The highest BCUT2D eigenvalue weighted by atomic mass is 15.1. The van der Waals surface area contributed by atoms with Crippen LogP contribution in [0.15, 0.2) is 29.4 Å². The van der Waals surface area contributed by atoms with Gasteiger partial charge in [-0.2, -0.15) is 5.26 Å². The van der Waals surface area contributed by atoms with Gasteiger partial charge in [-0.25, -0.2) is 0 Å². The fourth-order valence-electron chi connectivity index (χ4n) is 0.798. The molecule has 0 aromatic heterocycles. The van der Waals surface area contributed by atoms with Crippen LogP contribution in [-0.4, -0.2) is 0 Å². The molecule has 4 nitrogen and oxygen atoms in total. The number of azide groups is 1. The third kappa shape index (κ3) is 2.01. The molecule has 4 heteroatoms. The van der Waals surface area contributed by atoms with Crippen LogP contribution in [0.1, 0.15) is 11.1 Å². The lowest BCUT2D eigenvalue weighted by Gasteiger charge is -1.93. The second-order valence-electron chi connectivity index (χ2n) is 2.20. The SMILES string of the molecule is N#Cc1ccc(CN=[N+]=[N-])cc1. The van der Waals surface area contributed by atoms with Crippen molar-refractivity contribution in [3.8, 4) is 6.07 Å². The van der Waals surface area contributed by atoms with Crippen LogP contribution in [0, 0.1) is 11.3 Å². The minimum absolute atomic E-state index is 0.336. The Morgan fingerprint density at radius 2 is 2.08 bits per heavy atom. The second kappa shape index (κ2) is 4.02. The van der Waals surface area contributed by atoms with Crippen LogP contribution in [0.25, 0.3) is 10.4 Å². The average Bonchev–Trinajstić information content (AvgIpc) is 2.15. The molecule has 0 N–H and O–H groups in total. The standard InChI is InChI=1S/C8H6N4/c9-5-7-1-3-8(4-2-7)6-11-12-10/h1-4H,6H2. The molecule has 0 fully saturated rings. The molecule has 0 saturated heterocycles. The van der Waals surface area contributed by atoms with Crippen LogP contribution in [-0.2, 0) is 6.54 Å². The van der Waals surface area contributed by atoms with Crippen LogP contribution in [0.2, 0.25) is 0 Å². The van der Waals surface area contributed by atoms with Gasteiger partial charge in [0, 0.05) is 4.91 Å². The molecule has 58 valence electrons. The molecule has 0 saturated carbocycles. The molecule has 0 radical (unpaired) electrons. The van der Waals surface area contributed by atoms with E-state index in [-0.39, 0.29) is 0 Å². The summed E-state index contributed by atoms with van der Waals surface area (Å²) in [6, 6.07) is 8.94. The van der Waals surface area contributed by atoms with Crippen LogP contribution in [0.4, 0.5) is 0 Å². The van der Waals surface area contributed by atoms with Crippen LogP contribution >= 0.6 is 0 Å². The summed E-state index contributed by atoms with van der Waals surface area (Å²) in [4.78, 5) is 2.63. The minimum Gasteiger partial charge on any atom is -0.192 e. The zero-order chi connectivity index (χ0) is 8.81. The van der Waals surface area contributed by atoms with E-state index in [9.17, 15) is 0 Å². The Hall–Kier alpha value is -1.98. The van der Waals surface area contributed by atoms with E-state index in [1.165, 1.54) is 0 Å². The van der Waals surface area contributed by atoms with Crippen molar-refractivity contribution in [2.45, 2.75) is 6.54 Å². The molecule has 0 heterocycles. The molecule has 1 aromatic rings. The third-order valence-electron chi connectivity index (χ3n) is 1.40. The number of benzene rings is 1. The van der Waals surface area contributed by atoms with E-state index in [1.807, 2.05) is 6.07 Å². The van der Waals surface area contributed by atoms with Crippen molar-refractivity contribution < 1.29 is 0 Å². The molecule has 0 unspecified atom stereocenters. The second-order valence-corrected chi connectivity index (χ2v) is 2.20. The lowest BCUT2D eigenvalue weighted by atomic mass is 10.1. The van der Waals surface area contributed by atoms with Gasteiger partial charge in [0.25, 0.3) is 0 Å². The lowest BCUT2D eigenvalue weighted by Crippen LogP contribution is -1.80. The normalized spacial score (nSPS) is 8.25. The van der Waals surface area contributed by atoms with Gasteiger partial charge in [-0.05, 0) is 23.2 Å². The van der Waals surface area contributed by atoms with Gasteiger partial charge in [-0.1, -0.05) is 17.2 Å². The van der Waals surface area contributed by atoms with Crippen LogP contribution in [0.5, 0.6) is 0 Å². The summed E-state index contributed by atoms with van der Waals surface area (Å²) >= 11 is 0. The molecule has 1 aromatic carbocycles. The molecule has 0 aliphatic rings. The Bertz CT molecular complexity index is 340. The van der Waals surface area contributed by atoms with Crippen molar-refractivity contribution >= 4 is 0 Å². The summed E-state index contributed by atoms with van der Waals surface area (Å²) < 4.78 is 0. The van der Waals surface area contributed by atoms with Gasteiger partial charge in [0.1, 0.15) is 0 Å². The number of hydrogen-bond acceptors (Lipinski definition) is 2. The highest BCUT2D eigenvalue weighted by Gasteiger charge is 1.90. The Labute approximate surface area is 69.7 Å². The van der Waals surface area contributed by atoms with Gasteiger partial charge in [0.15, 0.2) is 0 Å². The predicted molar refractivity (Wildman–Crippen MR) is 44.0 cm³/mol.